The Kier molecular flexibility index (Phi) is 5.99. The van der Waals surface area contributed by atoms with Crippen molar-refractivity contribution in [3.63, 3.8) is 0 Å². The number of fused-ring (bicyclic) bond motifs is 5. The van der Waals surface area contributed by atoms with Gasteiger partial charge in [0, 0.05) is 24.7 Å². The van der Waals surface area contributed by atoms with Gasteiger partial charge in [0.15, 0.2) is 12.0 Å². The SMILES string of the molecule is CC(C)CCC[C@@H](C)[C@H]1CC[C@H]2[C@@H]3[C@H](F)C(=O)[C@H]4CC(=O)CC[C@]4(C)[C@H]3CC[C@]12C. The van der Waals surface area contributed by atoms with Crippen molar-refractivity contribution in [3.8, 4) is 0 Å². The lowest BCUT2D eigenvalue weighted by atomic mass is 9.43. The van der Waals surface area contributed by atoms with Crippen LogP contribution in [0.2, 0.25) is 0 Å². The summed E-state index contributed by atoms with van der Waals surface area (Å²) in [7, 11) is 0. The molecule has 9 atom stereocenters. The smallest absolute Gasteiger partial charge is 0.171 e. The molecule has 0 aromatic carbocycles. The van der Waals surface area contributed by atoms with Crippen LogP contribution in [0.4, 0.5) is 4.39 Å². The molecule has 0 heterocycles. The van der Waals surface area contributed by atoms with E-state index in [9.17, 15) is 9.59 Å². The molecule has 0 aliphatic heterocycles. The molecule has 0 aromatic heterocycles. The van der Waals surface area contributed by atoms with Gasteiger partial charge in [-0.15, -0.1) is 0 Å². The summed E-state index contributed by atoms with van der Waals surface area (Å²) in [5.41, 5.74) is 0.0112. The van der Waals surface area contributed by atoms with Crippen LogP contribution in [0.25, 0.3) is 0 Å². The summed E-state index contributed by atoms with van der Waals surface area (Å²) in [6.45, 7) is 11.7. The molecule has 4 rings (SSSR count). The minimum absolute atomic E-state index is 0.112. The maximum atomic E-state index is 15.7. The molecule has 4 saturated carbocycles. The molecule has 0 amide bonds. The molecule has 0 bridgehead atoms. The molecular formula is C27H43FO2. The van der Waals surface area contributed by atoms with E-state index in [1.165, 1.54) is 32.1 Å². The Balaban J connectivity index is 1.56. The van der Waals surface area contributed by atoms with Gasteiger partial charge in [0.1, 0.15) is 5.78 Å². The third-order valence-corrected chi connectivity index (χ3v) is 10.5. The van der Waals surface area contributed by atoms with E-state index >= 15 is 4.39 Å². The van der Waals surface area contributed by atoms with E-state index in [2.05, 4.69) is 34.6 Å². The first kappa shape index (κ1) is 22.5. The fourth-order valence-electron chi connectivity index (χ4n) is 8.79. The van der Waals surface area contributed by atoms with Gasteiger partial charge in [-0.25, -0.2) is 4.39 Å². The third kappa shape index (κ3) is 3.41. The summed E-state index contributed by atoms with van der Waals surface area (Å²) in [4.78, 5) is 25.2. The Bertz CT molecular complexity index is 686. The Morgan fingerprint density at radius 1 is 0.967 bits per heavy atom. The summed E-state index contributed by atoms with van der Waals surface area (Å²) < 4.78 is 15.7. The van der Waals surface area contributed by atoms with Crippen LogP contribution in [0.15, 0.2) is 0 Å². The number of carbonyl (C=O) groups excluding carboxylic acids is 2. The Hall–Kier alpha value is -0.730. The van der Waals surface area contributed by atoms with Crippen LogP contribution in [-0.4, -0.2) is 17.7 Å². The highest BCUT2D eigenvalue weighted by molar-refractivity contribution is 5.93. The quantitative estimate of drug-likeness (QED) is 0.492. The van der Waals surface area contributed by atoms with E-state index < -0.39 is 6.17 Å². The normalized spacial score (nSPS) is 47.0. The highest BCUT2D eigenvalue weighted by Gasteiger charge is 2.65. The number of carbonyl (C=O) groups is 2. The standard InChI is InChI=1S/C27H43FO2/c1-16(2)7-6-8-17(3)19-9-10-20-23-21(12-14-26(19,20)4)27(5)13-11-18(29)15-22(27)25(30)24(23)28/h16-17,19-24H,6-15H2,1-5H3/t17-,19-,20+,21+,22-,23+,24+,26-,27-/m1/s1. The highest BCUT2D eigenvalue weighted by Crippen LogP contribution is 2.68. The summed E-state index contributed by atoms with van der Waals surface area (Å²) in [5, 5.41) is 0. The lowest BCUT2D eigenvalue weighted by Gasteiger charge is -2.60. The van der Waals surface area contributed by atoms with Crippen LogP contribution < -0.4 is 0 Å². The number of Topliss-reactive ketones (excluding diaryl/α,β-unsaturated/α-hetero) is 2. The minimum Gasteiger partial charge on any atom is -0.300 e. The van der Waals surface area contributed by atoms with Crippen molar-refractivity contribution in [3.05, 3.63) is 0 Å². The van der Waals surface area contributed by atoms with Gasteiger partial charge in [-0.1, -0.05) is 53.9 Å². The van der Waals surface area contributed by atoms with E-state index in [0.717, 1.165) is 25.2 Å². The zero-order valence-electron chi connectivity index (χ0n) is 19.9. The number of halogens is 1. The topological polar surface area (TPSA) is 34.1 Å². The average Bonchev–Trinajstić information content (AvgIpc) is 3.04. The Labute approximate surface area is 183 Å². The van der Waals surface area contributed by atoms with Crippen LogP contribution in [0, 0.1) is 52.3 Å². The van der Waals surface area contributed by atoms with Crippen molar-refractivity contribution in [1.29, 1.82) is 0 Å². The zero-order chi connectivity index (χ0) is 21.8. The van der Waals surface area contributed by atoms with Crippen molar-refractivity contribution >= 4 is 11.6 Å². The fourth-order valence-corrected chi connectivity index (χ4v) is 8.79. The number of alkyl halides is 1. The second kappa shape index (κ2) is 8.00. The average molecular weight is 419 g/mol. The van der Waals surface area contributed by atoms with Crippen molar-refractivity contribution in [2.75, 3.05) is 0 Å². The van der Waals surface area contributed by atoms with Crippen molar-refractivity contribution in [1.82, 2.24) is 0 Å². The van der Waals surface area contributed by atoms with E-state index in [-0.39, 0.29) is 46.6 Å². The zero-order valence-corrected chi connectivity index (χ0v) is 19.9. The van der Waals surface area contributed by atoms with Crippen LogP contribution >= 0.6 is 0 Å². The summed E-state index contributed by atoms with van der Waals surface area (Å²) >= 11 is 0. The van der Waals surface area contributed by atoms with Gasteiger partial charge < -0.3 is 0 Å². The molecule has 0 saturated heterocycles. The largest absolute Gasteiger partial charge is 0.300 e. The Morgan fingerprint density at radius 2 is 1.67 bits per heavy atom. The van der Waals surface area contributed by atoms with Crippen molar-refractivity contribution in [2.45, 2.75) is 105 Å². The number of ketones is 2. The molecule has 4 fully saturated rings. The van der Waals surface area contributed by atoms with Gasteiger partial charge in [0.25, 0.3) is 0 Å². The summed E-state index contributed by atoms with van der Waals surface area (Å²) in [6, 6.07) is 0. The first-order valence-electron chi connectivity index (χ1n) is 12.8. The number of hydrogen-bond donors (Lipinski definition) is 0. The molecule has 0 spiro atoms. The molecule has 0 aromatic rings. The maximum absolute atomic E-state index is 15.7. The molecule has 30 heavy (non-hydrogen) atoms. The molecular weight excluding hydrogens is 375 g/mol. The molecule has 0 N–H and O–H groups in total. The second-order valence-corrected chi connectivity index (χ2v) is 12.4. The van der Waals surface area contributed by atoms with Gasteiger partial charge >= 0.3 is 0 Å². The third-order valence-electron chi connectivity index (χ3n) is 10.5. The molecule has 0 unspecified atom stereocenters. The van der Waals surface area contributed by atoms with Crippen LogP contribution in [0.1, 0.15) is 98.8 Å². The summed E-state index contributed by atoms with van der Waals surface area (Å²) in [6.07, 6.45) is 8.68. The lowest BCUT2D eigenvalue weighted by molar-refractivity contribution is -0.172. The first-order valence-corrected chi connectivity index (χ1v) is 12.8. The molecule has 4 aliphatic carbocycles. The van der Waals surface area contributed by atoms with Gasteiger partial charge in [-0.3, -0.25) is 9.59 Å². The fraction of sp³-hybridized carbons (Fsp3) is 0.926. The first-order chi connectivity index (χ1) is 14.1. The van der Waals surface area contributed by atoms with Crippen LogP contribution in [0.3, 0.4) is 0 Å². The van der Waals surface area contributed by atoms with Gasteiger partial charge in [0.05, 0.1) is 0 Å². The van der Waals surface area contributed by atoms with Gasteiger partial charge in [-0.2, -0.15) is 0 Å². The molecule has 4 aliphatic rings. The van der Waals surface area contributed by atoms with Gasteiger partial charge in [0.2, 0.25) is 0 Å². The van der Waals surface area contributed by atoms with Crippen molar-refractivity contribution < 1.29 is 14.0 Å². The predicted octanol–water partition coefficient (Wildman–Crippen LogP) is 6.80. The molecule has 3 heteroatoms. The monoisotopic (exact) mass is 418 g/mol. The molecule has 0 radical (unpaired) electrons. The lowest BCUT2D eigenvalue weighted by Crippen LogP contribution is -2.61. The number of rotatable bonds is 5. The maximum Gasteiger partial charge on any atom is 0.171 e. The predicted molar refractivity (Wildman–Crippen MR) is 119 cm³/mol. The molecule has 2 nitrogen and oxygen atoms in total. The Morgan fingerprint density at radius 3 is 2.37 bits per heavy atom. The minimum atomic E-state index is -1.35. The second-order valence-electron chi connectivity index (χ2n) is 12.4. The van der Waals surface area contributed by atoms with Crippen LogP contribution in [-0.2, 0) is 9.59 Å². The van der Waals surface area contributed by atoms with E-state index in [4.69, 9.17) is 0 Å². The van der Waals surface area contributed by atoms with Crippen molar-refractivity contribution in [2.24, 2.45) is 52.3 Å². The van der Waals surface area contributed by atoms with Crippen LogP contribution in [0.5, 0.6) is 0 Å². The highest BCUT2D eigenvalue weighted by atomic mass is 19.1. The van der Waals surface area contributed by atoms with Gasteiger partial charge in [-0.05, 0) is 72.5 Å². The summed E-state index contributed by atoms with van der Waals surface area (Å²) in [5.74, 6) is 2.16. The van der Waals surface area contributed by atoms with E-state index in [0.29, 0.717) is 24.2 Å². The number of hydrogen-bond acceptors (Lipinski definition) is 2. The molecule has 170 valence electrons. The van der Waals surface area contributed by atoms with E-state index in [1.54, 1.807) is 0 Å². The van der Waals surface area contributed by atoms with E-state index in [1.807, 2.05) is 0 Å².